The molecular weight excluding hydrogens is 288 g/mol. The van der Waals surface area contributed by atoms with Gasteiger partial charge in [0.05, 0.1) is 17.0 Å². The zero-order valence-electron chi connectivity index (χ0n) is 13.1. The number of hydrogen-bond acceptors (Lipinski definition) is 4. The van der Waals surface area contributed by atoms with Crippen molar-refractivity contribution in [3.63, 3.8) is 0 Å². The van der Waals surface area contributed by atoms with Gasteiger partial charge in [0.1, 0.15) is 0 Å². The summed E-state index contributed by atoms with van der Waals surface area (Å²) in [5.41, 5.74) is 2.86. The number of hydrogen-bond donors (Lipinski definition) is 2. The van der Waals surface area contributed by atoms with Crippen molar-refractivity contribution in [2.45, 2.75) is 50.8 Å². The lowest BCUT2D eigenvalue weighted by atomic mass is 10.1. The molecular formula is C15H24N2O3S. The first-order chi connectivity index (χ1) is 9.85. The molecule has 1 heterocycles. The van der Waals surface area contributed by atoms with Gasteiger partial charge in [-0.3, -0.25) is 0 Å². The Labute approximate surface area is 127 Å². The Morgan fingerprint density at radius 3 is 2.57 bits per heavy atom. The summed E-state index contributed by atoms with van der Waals surface area (Å²) in [5, 5.41) is 3.07. The molecule has 2 atom stereocenters. The lowest BCUT2D eigenvalue weighted by Gasteiger charge is -2.18. The van der Waals surface area contributed by atoms with E-state index in [1.54, 1.807) is 6.07 Å². The average molecular weight is 312 g/mol. The van der Waals surface area contributed by atoms with Crippen molar-refractivity contribution in [1.82, 2.24) is 10.0 Å². The van der Waals surface area contributed by atoms with Crippen molar-refractivity contribution in [3.8, 4) is 0 Å². The maximum absolute atomic E-state index is 12.6. The number of rotatable bonds is 5. The molecule has 0 saturated carbocycles. The predicted octanol–water partition coefficient (Wildman–Crippen LogP) is 1.48. The van der Waals surface area contributed by atoms with Gasteiger partial charge < -0.3 is 10.1 Å². The van der Waals surface area contributed by atoms with Gasteiger partial charge in [-0.05, 0) is 57.0 Å². The van der Waals surface area contributed by atoms with Gasteiger partial charge >= 0.3 is 0 Å². The maximum atomic E-state index is 12.6. The molecule has 0 spiro atoms. The summed E-state index contributed by atoms with van der Waals surface area (Å²) in [6, 6.07) is 3.54. The van der Waals surface area contributed by atoms with Gasteiger partial charge in [-0.1, -0.05) is 6.07 Å². The molecule has 1 fully saturated rings. The van der Waals surface area contributed by atoms with Gasteiger partial charge in [0.2, 0.25) is 10.0 Å². The minimum atomic E-state index is -3.52. The van der Waals surface area contributed by atoms with Crippen LogP contribution >= 0.6 is 0 Å². The predicted molar refractivity (Wildman–Crippen MR) is 82.8 cm³/mol. The van der Waals surface area contributed by atoms with Crippen molar-refractivity contribution < 1.29 is 13.2 Å². The van der Waals surface area contributed by atoms with E-state index in [2.05, 4.69) is 10.0 Å². The third kappa shape index (κ3) is 3.63. The molecule has 1 aliphatic rings. The monoisotopic (exact) mass is 312 g/mol. The number of sulfonamides is 1. The van der Waals surface area contributed by atoms with Crippen LogP contribution in [-0.2, 0) is 21.3 Å². The SMILES string of the molecule is CNCc1cc(S(=O)(=O)NC2CCOC2C)c(C)cc1C. The normalized spacial score (nSPS) is 22.7. The third-order valence-corrected chi connectivity index (χ3v) is 5.60. The molecule has 1 aromatic carbocycles. The first-order valence-electron chi connectivity index (χ1n) is 7.24. The fourth-order valence-electron chi connectivity index (χ4n) is 2.69. The largest absolute Gasteiger partial charge is 0.377 e. The second-order valence-corrected chi connectivity index (χ2v) is 7.35. The Kier molecular flexibility index (Phi) is 5.03. The standard InChI is InChI=1S/C15H24N2O3S/c1-10-7-11(2)15(8-13(10)9-16-4)21(18,19)17-14-5-6-20-12(14)3/h7-8,12,14,16-17H,5-6,9H2,1-4H3. The maximum Gasteiger partial charge on any atom is 0.241 e. The van der Waals surface area contributed by atoms with Crippen LogP contribution in [0, 0.1) is 13.8 Å². The van der Waals surface area contributed by atoms with E-state index in [0.717, 1.165) is 16.7 Å². The summed E-state index contributed by atoms with van der Waals surface area (Å²) >= 11 is 0. The molecule has 2 rings (SSSR count). The lowest BCUT2D eigenvalue weighted by Crippen LogP contribution is -2.39. The molecule has 1 saturated heterocycles. The van der Waals surface area contributed by atoms with Gasteiger partial charge in [0.15, 0.2) is 0 Å². The van der Waals surface area contributed by atoms with Crippen LogP contribution in [0.1, 0.15) is 30.0 Å². The van der Waals surface area contributed by atoms with Crippen LogP contribution in [0.5, 0.6) is 0 Å². The Morgan fingerprint density at radius 1 is 1.29 bits per heavy atom. The Bertz CT molecular complexity index is 614. The summed E-state index contributed by atoms with van der Waals surface area (Å²) in [6.07, 6.45) is 0.636. The van der Waals surface area contributed by atoms with Crippen molar-refractivity contribution in [2.24, 2.45) is 0 Å². The van der Waals surface area contributed by atoms with E-state index in [1.807, 2.05) is 33.9 Å². The quantitative estimate of drug-likeness (QED) is 0.864. The zero-order valence-corrected chi connectivity index (χ0v) is 13.9. The lowest BCUT2D eigenvalue weighted by molar-refractivity contribution is 0.117. The second kappa shape index (κ2) is 6.44. The van der Waals surface area contributed by atoms with E-state index < -0.39 is 10.0 Å². The van der Waals surface area contributed by atoms with Crippen molar-refractivity contribution in [3.05, 3.63) is 28.8 Å². The van der Waals surface area contributed by atoms with Crippen LogP contribution in [0.15, 0.2) is 17.0 Å². The van der Waals surface area contributed by atoms with E-state index in [0.29, 0.717) is 24.5 Å². The van der Waals surface area contributed by atoms with Gasteiger partial charge in [-0.15, -0.1) is 0 Å². The molecule has 0 aromatic heterocycles. The molecule has 0 bridgehead atoms. The average Bonchev–Trinajstić information content (AvgIpc) is 2.77. The summed E-state index contributed by atoms with van der Waals surface area (Å²) in [4.78, 5) is 0.359. The minimum Gasteiger partial charge on any atom is -0.377 e. The number of aryl methyl sites for hydroxylation is 2. The van der Waals surface area contributed by atoms with Crippen molar-refractivity contribution >= 4 is 10.0 Å². The van der Waals surface area contributed by atoms with E-state index in [4.69, 9.17) is 4.74 Å². The highest BCUT2D eigenvalue weighted by Crippen LogP contribution is 2.22. The zero-order chi connectivity index (χ0) is 15.6. The number of benzene rings is 1. The Morgan fingerprint density at radius 2 is 2.00 bits per heavy atom. The van der Waals surface area contributed by atoms with Crippen LogP contribution in [0.3, 0.4) is 0 Å². The summed E-state index contributed by atoms with van der Waals surface area (Å²) < 4.78 is 33.5. The van der Waals surface area contributed by atoms with Crippen LogP contribution < -0.4 is 10.0 Å². The van der Waals surface area contributed by atoms with Crippen LogP contribution in [0.2, 0.25) is 0 Å². The van der Waals surface area contributed by atoms with E-state index in [-0.39, 0.29) is 12.1 Å². The van der Waals surface area contributed by atoms with Gasteiger partial charge in [0.25, 0.3) is 0 Å². The first-order valence-corrected chi connectivity index (χ1v) is 8.72. The highest BCUT2D eigenvalue weighted by atomic mass is 32.2. The molecule has 0 amide bonds. The number of nitrogens with one attached hydrogen (secondary N) is 2. The van der Waals surface area contributed by atoms with Crippen molar-refractivity contribution in [2.75, 3.05) is 13.7 Å². The number of ether oxygens (including phenoxy) is 1. The Hall–Kier alpha value is -0.950. The topological polar surface area (TPSA) is 67.4 Å². The molecule has 5 nitrogen and oxygen atoms in total. The summed E-state index contributed by atoms with van der Waals surface area (Å²) in [6.45, 7) is 6.98. The van der Waals surface area contributed by atoms with Crippen LogP contribution in [0.25, 0.3) is 0 Å². The second-order valence-electron chi connectivity index (χ2n) is 5.67. The van der Waals surface area contributed by atoms with Crippen LogP contribution in [0.4, 0.5) is 0 Å². The fraction of sp³-hybridized carbons (Fsp3) is 0.600. The summed E-state index contributed by atoms with van der Waals surface area (Å²) in [5.74, 6) is 0. The molecule has 2 unspecified atom stereocenters. The van der Waals surface area contributed by atoms with Gasteiger partial charge in [0, 0.05) is 13.2 Å². The van der Waals surface area contributed by atoms with E-state index in [9.17, 15) is 8.42 Å². The van der Waals surface area contributed by atoms with Gasteiger partial charge in [-0.2, -0.15) is 0 Å². The Balaban J connectivity index is 2.32. The molecule has 1 aliphatic heterocycles. The highest BCUT2D eigenvalue weighted by molar-refractivity contribution is 7.89. The van der Waals surface area contributed by atoms with Crippen molar-refractivity contribution in [1.29, 1.82) is 0 Å². The minimum absolute atomic E-state index is 0.0812. The molecule has 21 heavy (non-hydrogen) atoms. The van der Waals surface area contributed by atoms with E-state index in [1.165, 1.54) is 0 Å². The van der Waals surface area contributed by atoms with E-state index >= 15 is 0 Å². The molecule has 0 radical (unpaired) electrons. The molecule has 1 aromatic rings. The van der Waals surface area contributed by atoms with Gasteiger partial charge in [-0.25, -0.2) is 13.1 Å². The highest BCUT2D eigenvalue weighted by Gasteiger charge is 2.30. The molecule has 118 valence electrons. The molecule has 2 N–H and O–H groups in total. The first kappa shape index (κ1) is 16.4. The van der Waals surface area contributed by atoms with Crippen LogP contribution in [-0.4, -0.2) is 34.2 Å². The third-order valence-electron chi connectivity index (χ3n) is 3.97. The molecule has 6 heteroatoms. The fourth-order valence-corrected chi connectivity index (χ4v) is 4.31. The smallest absolute Gasteiger partial charge is 0.241 e. The molecule has 0 aliphatic carbocycles. The summed E-state index contributed by atoms with van der Waals surface area (Å²) in [7, 11) is -1.67.